The van der Waals surface area contributed by atoms with Gasteiger partial charge in [-0.05, 0) is 59.5 Å². The lowest BCUT2D eigenvalue weighted by molar-refractivity contribution is 0.159. The van der Waals surface area contributed by atoms with Crippen LogP contribution in [0.5, 0.6) is 5.75 Å². The SMILES string of the molecule is CC[C@@H](c1nnnn1Cc1ccccc1)N(Cc1ccccc1OC)Cc1cc2c(C)ccc(C)c2[nH]c1=O. The van der Waals surface area contributed by atoms with Crippen molar-refractivity contribution in [2.24, 2.45) is 0 Å². The molecule has 3 aromatic carbocycles. The van der Waals surface area contributed by atoms with Crippen LogP contribution >= 0.6 is 0 Å². The van der Waals surface area contributed by atoms with Gasteiger partial charge in [0.25, 0.3) is 5.56 Å². The molecular formula is C31H34N6O2. The molecule has 5 aromatic rings. The minimum absolute atomic E-state index is 0.0834. The average Bonchev–Trinajstić information content (AvgIpc) is 3.40. The average molecular weight is 523 g/mol. The Kier molecular flexibility index (Phi) is 7.84. The Balaban J connectivity index is 1.57. The van der Waals surface area contributed by atoms with Crippen molar-refractivity contribution in [3.05, 3.63) is 117 Å². The number of nitrogens with one attached hydrogen (secondary N) is 1. The Morgan fingerprint density at radius 1 is 0.949 bits per heavy atom. The Morgan fingerprint density at radius 2 is 1.67 bits per heavy atom. The first-order valence-corrected chi connectivity index (χ1v) is 13.3. The zero-order valence-electron chi connectivity index (χ0n) is 22.9. The summed E-state index contributed by atoms with van der Waals surface area (Å²) in [5, 5.41) is 13.9. The maximum Gasteiger partial charge on any atom is 0.252 e. The number of aryl methyl sites for hydroxylation is 2. The van der Waals surface area contributed by atoms with E-state index in [2.05, 4.69) is 63.5 Å². The highest BCUT2D eigenvalue weighted by Crippen LogP contribution is 2.30. The molecule has 0 saturated carbocycles. The van der Waals surface area contributed by atoms with Crippen LogP contribution in [0.1, 0.15) is 53.0 Å². The van der Waals surface area contributed by atoms with Crippen LogP contribution < -0.4 is 10.3 Å². The number of aromatic nitrogens is 5. The number of pyridine rings is 1. The second kappa shape index (κ2) is 11.6. The molecule has 0 radical (unpaired) electrons. The van der Waals surface area contributed by atoms with Gasteiger partial charge in [-0.3, -0.25) is 9.69 Å². The lowest BCUT2D eigenvalue weighted by Gasteiger charge is -2.31. The number of para-hydroxylation sites is 1. The molecule has 0 saturated heterocycles. The molecule has 1 N–H and O–H groups in total. The molecule has 39 heavy (non-hydrogen) atoms. The van der Waals surface area contributed by atoms with Gasteiger partial charge in [-0.2, -0.15) is 0 Å². The molecule has 0 unspecified atom stereocenters. The minimum atomic E-state index is -0.137. The van der Waals surface area contributed by atoms with Crippen molar-refractivity contribution in [1.29, 1.82) is 0 Å². The van der Waals surface area contributed by atoms with Gasteiger partial charge in [0.15, 0.2) is 5.82 Å². The van der Waals surface area contributed by atoms with E-state index in [9.17, 15) is 4.79 Å². The Labute approximate surface area is 228 Å². The Bertz CT molecular complexity index is 1630. The molecule has 2 aromatic heterocycles. The Hall–Kier alpha value is -4.30. The monoisotopic (exact) mass is 522 g/mol. The molecule has 5 rings (SSSR count). The zero-order chi connectivity index (χ0) is 27.4. The minimum Gasteiger partial charge on any atom is -0.496 e. The fourth-order valence-corrected chi connectivity index (χ4v) is 5.21. The van der Waals surface area contributed by atoms with E-state index in [4.69, 9.17) is 4.74 Å². The lowest BCUT2D eigenvalue weighted by Crippen LogP contribution is -2.32. The second-order valence-electron chi connectivity index (χ2n) is 9.93. The third-order valence-electron chi connectivity index (χ3n) is 7.32. The molecule has 8 nitrogen and oxygen atoms in total. The quantitative estimate of drug-likeness (QED) is 0.266. The van der Waals surface area contributed by atoms with Crippen LogP contribution in [0.25, 0.3) is 10.9 Å². The van der Waals surface area contributed by atoms with Crippen LogP contribution in [0.3, 0.4) is 0 Å². The van der Waals surface area contributed by atoms with Gasteiger partial charge in [0.1, 0.15) is 5.75 Å². The van der Waals surface area contributed by atoms with Gasteiger partial charge >= 0.3 is 0 Å². The maximum absolute atomic E-state index is 13.4. The van der Waals surface area contributed by atoms with E-state index in [1.807, 2.05) is 60.1 Å². The molecule has 0 aliphatic heterocycles. The molecule has 2 heterocycles. The van der Waals surface area contributed by atoms with E-state index in [0.717, 1.165) is 51.2 Å². The van der Waals surface area contributed by atoms with Crippen molar-refractivity contribution in [2.45, 2.75) is 52.9 Å². The normalized spacial score (nSPS) is 12.2. The first kappa shape index (κ1) is 26.3. The van der Waals surface area contributed by atoms with Crippen LogP contribution in [0.4, 0.5) is 0 Å². The van der Waals surface area contributed by atoms with E-state index >= 15 is 0 Å². The molecule has 0 fully saturated rings. The van der Waals surface area contributed by atoms with Crippen LogP contribution in [-0.2, 0) is 19.6 Å². The largest absolute Gasteiger partial charge is 0.496 e. The first-order valence-electron chi connectivity index (χ1n) is 13.3. The Morgan fingerprint density at radius 3 is 2.44 bits per heavy atom. The predicted molar refractivity (Wildman–Crippen MR) is 153 cm³/mol. The van der Waals surface area contributed by atoms with Gasteiger partial charge < -0.3 is 9.72 Å². The van der Waals surface area contributed by atoms with Gasteiger partial charge in [0.05, 0.1) is 25.2 Å². The summed E-state index contributed by atoms with van der Waals surface area (Å²) in [4.78, 5) is 18.8. The maximum atomic E-state index is 13.4. The van der Waals surface area contributed by atoms with E-state index < -0.39 is 0 Å². The van der Waals surface area contributed by atoms with Crippen LogP contribution in [0.2, 0.25) is 0 Å². The topological polar surface area (TPSA) is 88.9 Å². The number of fused-ring (bicyclic) bond motifs is 1. The third-order valence-corrected chi connectivity index (χ3v) is 7.32. The van der Waals surface area contributed by atoms with E-state index in [1.54, 1.807) is 7.11 Å². The van der Waals surface area contributed by atoms with Crippen molar-refractivity contribution in [1.82, 2.24) is 30.1 Å². The molecule has 0 aliphatic carbocycles. The zero-order valence-corrected chi connectivity index (χ0v) is 22.9. The summed E-state index contributed by atoms with van der Waals surface area (Å²) in [6.07, 6.45) is 0.758. The molecule has 0 amide bonds. The highest BCUT2D eigenvalue weighted by molar-refractivity contribution is 5.85. The number of tetrazole rings is 1. The summed E-state index contributed by atoms with van der Waals surface area (Å²) in [6.45, 7) is 7.77. The summed E-state index contributed by atoms with van der Waals surface area (Å²) in [5.74, 6) is 1.57. The van der Waals surface area contributed by atoms with Gasteiger partial charge in [-0.25, -0.2) is 4.68 Å². The summed E-state index contributed by atoms with van der Waals surface area (Å²) >= 11 is 0. The number of methoxy groups -OCH3 is 1. The number of hydrogen-bond acceptors (Lipinski definition) is 6. The summed E-state index contributed by atoms with van der Waals surface area (Å²) < 4.78 is 7.53. The predicted octanol–water partition coefficient (Wildman–Crippen LogP) is 5.34. The summed E-state index contributed by atoms with van der Waals surface area (Å²) in [6, 6.07) is 24.2. The van der Waals surface area contributed by atoms with Crippen molar-refractivity contribution < 1.29 is 4.74 Å². The molecular weight excluding hydrogens is 488 g/mol. The van der Waals surface area contributed by atoms with Crippen LogP contribution in [0, 0.1) is 13.8 Å². The highest BCUT2D eigenvalue weighted by Gasteiger charge is 2.27. The van der Waals surface area contributed by atoms with Crippen molar-refractivity contribution in [3.63, 3.8) is 0 Å². The van der Waals surface area contributed by atoms with Gasteiger partial charge in [0.2, 0.25) is 0 Å². The number of nitrogens with zero attached hydrogens (tertiary/aromatic N) is 5. The van der Waals surface area contributed by atoms with E-state index in [0.29, 0.717) is 25.2 Å². The van der Waals surface area contributed by atoms with Crippen molar-refractivity contribution in [3.8, 4) is 5.75 Å². The molecule has 0 spiro atoms. The lowest BCUT2D eigenvalue weighted by atomic mass is 10.0. The van der Waals surface area contributed by atoms with Crippen molar-refractivity contribution in [2.75, 3.05) is 7.11 Å². The summed E-state index contributed by atoms with van der Waals surface area (Å²) in [7, 11) is 1.68. The smallest absolute Gasteiger partial charge is 0.252 e. The molecule has 200 valence electrons. The molecule has 1 atom stereocenters. The molecule has 0 bridgehead atoms. The fourth-order valence-electron chi connectivity index (χ4n) is 5.21. The number of aromatic amines is 1. The fraction of sp³-hybridized carbons (Fsp3) is 0.290. The third kappa shape index (κ3) is 5.61. The number of benzene rings is 3. The van der Waals surface area contributed by atoms with E-state index in [-0.39, 0.29) is 11.6 Å². The van der Waals surface area contributed by atoms with E-state index in [1.165, 1.54) is 0 Å². The second-order valence-corrected chi connectivity index (χ2v) is 9.93. The highest BCUT2D eigenvalue weighted by atomic mass is 16.5. The number of H-pyrrole nitrogens is 1. The number of ether oxygens (including phenoxy) is 1. The number of hydrogen-bond donors (Lipinski definition) is 1. The van der Waals surface area contributed by atoms with Crippen molar-refractivity contribution >= 4 is 10.9 Å². The van der Waals surface area contributed by atoms with Gasteiger partial charge in [-0.1, -0.05) is 67.6 Å². The number of rotatable bonds is 10. The van der Waals surface area contributed by atoms with Gasteiger partial charge in [-0.15, -0.1) is 5.10 Å². The van der Waals surface area contributed by atoms with Crippen LogP contribution in [0.15, 0.2) is 77.6 Å². The summed E-state index contributed by atoms with van der Waals surface area (Å²) in [5.41, 5.74) is 5.84. The molecule has 0 aliphatic rings. The standard InChI is InChI=1S/C31H34N6O2/c1-5-27(30-33-34-35-37(30)18-23-11-7-6-8-12-23)36(19-24-13-9-10-14-28(24)39-4)20-25-17-26-21(2)15-16-22(3)29(26)32-31(25)38/h6-17,27H,5,18-20H2,1-4H3,(H,32,38)/t27-/m0/s1. The first-order chi connectivity index (χ1) is 19.0. The van der Waals surface area contributed by atoms with Crippen LogP contribution in [-0.4, -0.2) is 37.2 Å². The van der Waals surface area contributed by atoms with Gasteiger partial charge in [0, 0.05) is 29.6 Å². The molecule has 8 heteroatoms.